The highest BCUT2D eigenvalue weighted by molar-refractivity contribution is 5.37. The Kier molecular flexibility index (Phi) is 4.75. The van der Waals surface area contributed by atoms with Gasteiger partial charge in [0.15, 0.2) is 0 Å². The zero-order valence-corrected chi connectivity index (χ0v) is 12.4. The molecule has 1 fully saturated rings. The van der Waals surface area contributed by atoms with E-state index < -0.39 is 0 Å². The van der Waals surface area contributed by atoms with E-state index in [4.69, 9.17) is 4.98 Å². The van der Waals surface area contributed by atoms with Crippen molar-refractivity contribution in [2.45, 2.75) is 46.6 Å². The Morgan fingerprint density at radius 3 is 2.68 bits per heavy atom. The molecule has 1 N–H and O–H groups in total. The predicted octanol–water partition coefficient (Wildman–Crippen LogP) is 2.60. The van der Waals surface area contributed by atoms with E-state index in [2.05, 4.69) is 36.0 Å². The van der Waals surface area contributed by atoms with Crippen molar-refractivity contribution in [1.29, 1.82) is 0 Å². The van der Waals surface area contributed by atoms with Crippen LogP contribution in [-0.2, 0) is 6.54 Å². The van der Waals surface area contributed by atoms with E-state index in [1.54, 1.807) is 0 Å². The molecule has 1 aromatic rings. The monoisotopic (exact) mass is 262 g/mol. The summed E-state index contributed by atoms with van der Waals surface area (Å²) in [5.41, 5.74) is 1.51. The van der Waals surface area contributed by atoms with Gasteiger partial charge in [-0.2, -0.15) is 0 Å². The van der Waals surface area contributed by atoms with Gasteiger partial charge in [0.05, 0.1) is 11.9 Å². The number of piperidine rings is 1. The van der Waals surface area contributed by atoms with Gasteiger partial charge < -0.3 is 10.2 Å². The van der Waals surface area contributed by atoms with E-state index >= 15 is 0 Å². The quantitative estimate of drug-likeness (QED) is 0.828. The second kappa shape index (κ2) is 6.33. The summed E-state index contributed by atoms with van der Waals surface area (Å²) < 4.78 is 0. The van der Waals surface area contributed by atoms with E-state index in [0.717, 1.165) is 44.1 Å². The molecular weight excluding hydrogens is 236 g/mol. The average Bonchev–Trinajstić information content (AvgIpc) is 2.39. The van der Waals surface area contributed by atoms with Crippen molar-refractivity contribution in [2.75, 3.05) is 24.5 Å². The molecule has 1 aliphatic rings. The largest absolute Gasteiger partial charge is 0.355 e. The van der Waals surface area contributed by atoms with Crippen molar-refractivity contribution >= 4 is 5.82 Å². The van der Waals surface area contributed by atoms with E-state index in [0.29, 0.717) is 5.41 Å². The Morgan fingerprint density at radius 1 is 1.26 bits per heavy atom. The number of nitrogens with one attached hydrogen (secondary N) is 1. The van der Waals surface area contributed by atoms with Gasteiger partial charge in [-0.3, -0.25) is 4.98 Å². The second-order valence-corrected chi connectivity index (χ2v) is 6.20. The molecular formula is C15H26N4. The van der Waals surface area contributed by atoms with Crippen LogP contribution < -0.4 is 10.2 Å². The molecule has 0 bridgehead atoms. The fourth-order valence-electron chi connectivity index (χ4n) is 2.37. The maximum absolute atomic E-state index is 4.72. The minimum atomic E-state index is 0.476. The molecule has 19 heavy (non-hydrogen) atoms. The summed E-state index contributed by atoms with van der Waals surface area (Å²) >= 11 is 0. The van der Waals surface area contributed by atoms with Crippen LogP contribution in [0.2, 0.25) is 0 Å². The smallest absolute Gasteiger partial charge is 0.147 e. The first kappa shape index (κ1) is 14.3. The van der Waals surface area contributed by atoms with Crippen LogP contribution in [0, 0.1) is 5.41 Å². The van der Waals surface area contributed by atoms with Crippen LogP contribution in [0.15, 0.2) is 12.4 Å². The van der Waals surface area contributed by atoms with Crippen LogP contribution in [0.25, 0.3) is 0 Å². The summed E-state index contributed by atoms with van der Waals surface area (Å²) in [6.07, 6.45) is 7.36. The van der Waals surface area contributed by atoms with Crippen LogP contribution in [0.4, 0.5) is 5.82 Å². The highest BCUT2D eigenvalue weighted by Crippen LogP contribution is 2.31. The Labute approximate surface area is 116 Å². The first-order valence-electron chi connectivity index (χ1n) is 7.37. The summed E-state index contributed by atoms with van der Waals surface area (Å²) in [6.45, 7) is 10.9. The molecule has 0 atom stereocenters. The second-order valence-electron chi connectivity index (χ2n) is 6.20. The lowest BCUT2D eigenvalue weighted by Crippen LogP contribution is -2.38. The first-order chi connectivity index (χ1) is 9.11. The van der Waals surface area contributed by atoms with Gasteiger partial charge >= 0.3 is 0 Å². The molecule has 1 aliphatic heterocycles. The summed E-state index contributed by atoms with van der Waals surface area (Å²) in [5, 5.41) is 3.37. The molecule has 0 unspecified atom stereocenters. The van der Waals surface area contributed by atoms with Gasteiger partial charge in [-0.05, 0) is 31.2 Å². The Bertz CT molecular complexity index is 393. The lowest BCUT2D eigenvalue weighted by molar-refractivity contribution is 0.279. The molecule has 1 saturated heterocycles. The van der Waals surface area contributed by atoms with Crippen molar-refractivity contribution in [3.8, 4) is 0 Å². The zero-order valence-electron chi connectivity index (χ0n) is 12.4. The number of nitrogens with zero attached hydrogens (tertiary/aromatic N) is 3. The lowest BCUT2D eigenvalue weighted by atomic mass is 9.83. The van der Waals surface area contributed by atoms with Crippen molar-refractivity contribution < 1.29 is 0 Å². The summed E-state index contributed by atoms with van der Waals surface area (Å²) in [7, 11) is 0. The number of hydrogen-bond acceptors (Lipinski definition) is 4. The third-order valence-electron chi connectivity index (χ3n) is 3.85. The fraction of sp³-hybridized carbons (Fsp3) is 0.733. The van der Waals surface area contributed by atoms with Gasteiger partial charge in [0, 0.05) is 25.8 Å². The van der Waals surface area contributed by atoms with E-state index in [1.807, 2.05) is 12.4 Å². The Hall–Kier alpha value is -1.16. The Morgan fingerprint density at radius 2 is 2.00 bits per heavy atom. The number of aromatic nitrogens is 2. The van der Waals surface area contributed by atoms with Gasteiger partial charge in [-0.25, -0.2) is 4.98 Å². The van der Waals surface area contributed by atoms with Crippen LogP contribution in [0.3, 0.4) is 0 Å². The minimum absolute atomic E-state index is 0.476. The molecule has 4 nitrogen and oxygen atoms in total. The third-order valence-corrected chi connectivity index (χ3v) is 3.85. The fourth-order valence-corrected chi connectivity index (χ4v) is 2.37. The van der Waals surface area contributed by atoms with Gasteiger partial charge in [-0.1, -0.05) is 20.8 Å². The molecule has 0 amide bonds. The molecule has 2 rings (SSSR count). The molecule has 2 heterocycles. The standard InChI is InChI=1S/C15H26N4/c1-4-7-16-10-13-11-17-12-14(18-13)19-8-5-15(2,3)6-9-19/h11-12,16H,4-10H2,1-3H3. The minimum Gasteiger partial charge on any atom is -0.355 e. The van der Waals surface area contributed by atoms with Crippen LogP contribution >= 0.6 is 0 Å². The summed E-state index contributed by atoms with van der Waals surface area (Å²) in [6, 6.07) is 0. The van der Waals surface area contributed by atoms with Gasteiger partial charge in [0.25, 0.3) is 0 Å². The van der Waals surface area contributed by atoms with E-state index in [-0.39, 0.29) is 0 Å². The van der Waals surface area contributed by atoms with E-state index in [9.17, 15) is 0 Å². The normalized spacial score (nSPS) is 18.6. The van der Waals surface area contributed by atoms with Crippen molar-refractivity contribution in [2.24, 2.45) is 5.41 Å². The molecule has 1 aromatic heterocycles. The zero-order chi connectivity index (χ0) is 13.7. The van der Waals surface area contributed by atoms with Gasteiger partial charge in [0.2, 0.25) is 0 Å². The lowest BCUT2D eigenvalue weighted by Gasteiger charge is -2.37. The highest BCUT2D eigenvalue weighted by atomic mass is 15.2. The molecule has 0 aliphatic carbocycles. The van der Waals surface area contributed by atoms with Gasteiger partial charge in [-0.15, -0.1) is 0 Å². The molecule has 0 radical (unpaired) electrons. The van der Waals surface area contributed by atoms with Crippen molar-refractivity contribution in [3.05, 3.63) is 18.1 Å². The van der Waals surface area contributed by atoms with Crippen LogP contribution in [0.5, 0.6) is 0 Å². The van der Waals surface area contributed by atoms with Crippen molar-refractivity contribution in [1.82, 2.24) is 15.3 Å². The predicted molar refractivity (Wildman–Crippen MR) is 79.3 cm³/mol. The number of hydrogen-bond donors (Lipinski definition) is 1. The molecule has 106 valence electrons. The molecule has 4 heteroatoms. The maximum atomic E-state index is 4.72. The average molecular weight is 262 g/mol. The third kappa shape index (κ3) is 4.16. The number of anilines is 1. The number of rotatable bonds is 5. The molecule has 0 aromatic carbocycles. The highest BCUT2D eigenvalue weighted by Gasteiger charge is 2.26. The summed E-state index contributed by atoms with van der Waals surface area (Å²) in [5.74, 6) is 1.03. The van der Waals surface area contributed by atoms with Crippen LogP contribution in [-0.4, -0.2) is 29.6 Å². The van der Waals surface area contributed by atoms with Crippen molar-refractivity contribution in [3.63, 3.8) is 0 Å². The molecule has 0 spiro atoms. The topological polar surface area (TPSA) is 41.1 Å². The Balaban J connectivity index is 1.95. The molecule has 0 saturated carbocycles. The summed E-state index contributed by atoms with van der Waals surface area (Å²) in [4.78, 5) is 11.4. The maximum Gasteiger partial charge on any atom is 0.147 e. The SMILES string of the molecule is CCCNCc1cncc(N2CCC(C)(C)CC2)n1. The van der Waals surface area contributed by atoms with Gasteiger partial charge in [0.1, 0.15) is 5.82 Å². The first-order valence-corrected chi connectivity index (χ1v) is 7.37. The van der Waals surface area contributed by atoms with Crippen LogP contribution in [0.1, 0.15) is 45.7 Å². The van der Waals surface area contributed by atoms with E-state index in [1.165, 1.54) is 12.8 Å².